The van der Waals surface area contributed by atoms with Crippen molar-refractivity contribution in [1.29, 1.82) is 0 Å². The summed E-state index contributed by atoms with van der Waals surface area (Å²) < 4.78 is 8.38. The third-order valence-electron chi connectivity index (χ3n) is 0. The quantitative estimate of drug-likeness (QED) is 0.550. The second kappa shape index (κ2) is 22.4. The van der Waals surface area contributed by atoms with Gasteiger partial charge in [-0.2, -0.15) is 0 Å². The van der Waals surface area contributed by atoms with Gasteiger partial charge >= 0.3 is 21.8 Å². The predicted octanol–water partition coefficient (Wildman–Crippen LogP) is -0.126. The molecule has 0 heterocycles. The van der Waals surface area contributed by atoms with Crippen LogP contribution in [-0.4, -0.2) is 0 Å². The van der Waals surface area contributed by atoms with Gasteiger partial charge in [-0.15, -0.1) is 0 Å². The van der Waals surface area contributed by atoms with Crippen molar-refractivity contribution < 1.29 is 61.3 Å². The first-order chi connectivity index (χ1) is 1.00. The molecule has 0 aliphatic carbocycles. The molecule has 30 valence electrons. The monoisotopic (exact) mass is 250 g/mol. The summed E-state index contributed by atoms with van der Waals surface area (Å²) in [6.07, 6.45) is 0. The molecule has 0 aromatic carbocycles. The fourth-order valence-electron chi connectivity index (χ4n) is 0. The zero-order valence-corrected chi connectivity index (χ0v) is 7.11. The zero-order valence-electron chi connectivity index (χ0n) is 1.72. The Balaban J connectivity index is -0.00000000500. The van der Waals surface area contributed by atoms with Gasteiger partial charge in [0.05, 0.1) is 0 Å². The first kappa shape index (κ1) is 17.3. The Morgan fingerprint density at radius 2 is 1.25 bits per heavy atom. The minimum absolute atomic E-state index is 0. The van der Waals surface area contributed by atoms with Crippen LogP contribution < -0.4 is 0 Å². The fraction of sp³-hybridized carbons (Fsp3) is 0. The molecule has 0 fully saturated rings. The van der Waals surface area contributed by atoms with E-state index in [0.717, 1.165) is 0 Å². The van der Waals surface area contributed by atoms with Gasteiger partial charge in [-0.05, 0) is 0 Å². The minimum atomic E-state index is 0. The standard InChI is InChI=1S/Ag.Cu.O.Zn. The fourth-order valence-corrected chi connectivity index (χ4v) is 0. The molecule has 0 unspecified atom stereocenters. The normalized spacial score (nSPS) is 1.50. The van der Waals surface area contributed by atoms with Crippen molar-refractivity contribution >= 4 is 0 Å². The number of hydrogen-bond acceptors (Lipinski definition) is 1. The molecule has 4 heavy (non-hydrogen) atoms. The van der Waals surface area contributed by atoms with Gasteiger partial charge in [-0.25, -0.2) is 0 Å². The van der Waals surface area contributed by atoms with E-state index in [1.54, 1.807) is 0 Å². The second-order valence-electron chi connectivity index (χ2n) is 0. The Labute approximate surface area is 60.8 Å². The molecule has 0 aliphatic heterocycles. The SMILES string of the molecule is [Ag].[Cu].[O]=[Zn]. The second-order valence-corrected chi connectivity index (χ2v) is 0. The average molecular weight is 253 g/mol. The van der Waals surface area contributed by atoms with Crippen LogP contribution in [0.25, 0.3) is 0 Å². The molecule has 2 radical (unpaired) electrons. The van der Waals surface area contributed by atoms with Crippen molar-refractivity contribution in [2.24, 2.45) is 0 Å². The maximum atomic E-state index is 8.38. The van der Waals surface area contributed by atoms with Crippen molar-refractivity contribution in [2.75, 3.05) is 0 Å². The first-order valence-corrected chi connectivity index (χ1v) is 1.50. The van der Waals surface area contributed by atoms with Gasteiger partial charge in [0.25, 0.3) is 0 Å². The molecule has 0 bridgehead atoms. The molecule has 0 amide bonds. The van der Waals surface area contributed by atoms with E-state index in [1.807, 2.05) is 0 Å². The van der Waals surface area contributed by atoms with Gasteiger partial charge in [0.2, 0.25) is 0 Å². The summed E-state index contributed by atoms with van der Waals surface area (Å²) in [7, 11) is 0. The van der Waals surface area contributed by atoms with E-state index in [0.29, 0.717) is 0 Å². The van der Waals surface area contributed by atoms with Crippen LogP contribution >= 0.6 is 0 Å². The molecular weight excluding hydrogens is 253 g/mol. The molecule has 0 spiro atoms. The van der Waals surface area contributed by atoms with E-state index in [2.05, 4.69) is 0 Å². The van der Waals surface area contributed by atoms with Gasteiger partial charge in [0, 0.05) is 39.4 Å². The first-order valence-electron chi connectivity index (χ1n) is 0.289. The zero-order chi connectivity index (χ0) is 2.00. The van der Waals surface area contributed by atoms with E-state index in [4.69, 9.17) is 3.57 Å². The van der Waals surface area contributed by atoms with Crippen molar-refractivity contribution in [1.82, 2.24) is 0 Å². The van der Waals surface area contributed by atoms with Crippen LogP contribution in [0.2, 0.25) is 0 Å². The van der Waals surface area contributed by atoms with Crippen LogP contribution in [-0.2, 0) is 61.3 Å². The molecule has 0 rings (SSSR count). The Morgan fingerprint density at radius 3 is 1.25 bits per heavy atom. The summed E-state index contributed by atoms with van der Waals surface area (Å²) in [5.74, 6) is 0. The van der Waals surface area contributed by atoms with Gasteiger partial charge in [-0.3, -0.25) is 0 Å². The van der Waals surface area contributed by atoms with E-state index < -0.39 is 0 Å². The van der Waals surface area contributed by atoms with Gasteiger partial charge in [0.15, 0.2) is 0 Å². The third kappa shape index (κ3) is 9.36. The molecule has 0 aliphatic rings. The van der Waals surface area contributed by atoms with Crippen molar-refractivity contribution in [3.8, 4) is 0 Å². The molecule has 0 aromatic heterocycles. The van der Waals surface area contributed by atoms with E-state index >= 15 is 0 Å². The van der Waals surface area contributed by atoms with Gasteiger partial charge in [-0.1, -0.05) is 0 Å². The van der Waals surface area contributed by atoms with Gasteiger partial charge < -0.3 is 0 Å². The Kier molecular flexibility index (Phi) is 97.1. The van der Waals surface area contributed by atoms with Gasteiger partial charge in [0.1, 0.15) is 0 Å². The molecule has 0 atom stereocenters. The average Bonchev–Trinajstić information content (AvgIpc) is 1.00. The summed E-state index contributed by atoms with van der Waals surface area (Å²) in [5.41, 5.74) is 0. The Morgan fingerprint density at radius 1 is 1.25 bits per heavy atom. The van der Waals surface area contributed by atoms with E-state index in [9.17, 15) is 0 Å². The summed E-state index contributed by atoms with van der Waals surface area (Å²) in [5, 5.41) is 0. The molecule has 4 heteroatoms. The van der Waals surface area contributed by atoms with Crippen molar-refractivity contribution in [3.63, 3.8) is 0 Å². The van der Waals surface area contributed by atoms with Crippen LogP contribution in [0.4, 0.5) is 0 Å². The third-order valence-corrected chi connectivity index (χ3v) is 0. The number of hydrogen-bond donors (Lipinski definition) is 0. The summed E-state index contributed by atoms with van der Waals surface area (Å²) in [4.78, 5) is 0. The topological polar surface area (TPSA) is 17.1 Å². The van der Waals surface area contributed by atoms with Crippen LogP contribution in [0.3, 0.4) is 0 Å². The van der Waals surface area contributed by atoms with E-state index in [1.165, 1.54) is 0 Å². The Bertz CT molecular complexity index is 8.00. The molecular formula is AgCuOZn. The maximum absolute atomic E-state index is 8.38. The van der Waals surface area contributed by atoms with Crippen LogP contribution in [0, 0.1) is 0 Å². The van der Waals surface area contributed by atoms with Crippen molar-refractivity contribution in [3.05, 3.63) is 0 Å². The van der Waals surface area contributed by atoms with Crippen LogP contribution in [0.15, 0.2) is 0 Å². The molecule has 0 N–H and O–H groups in total. The van der Waals surface area contributed by atoms with Crippen LogP contribution in [0.5, 0.6) is 0 Å². The van der Waals surface area contributed by atoms with Crippen LogP contribution in [0.1, 0.15) is 0 Å². The summed E-state index contributed by atoms with van der Waals surface area (Å²) in [6, 6.07) is 0. The number of rotatable bonds is 0. The van der Waals surface area contributed by atoms with E-state index in [-0.39, 0.29) is 57.7 Å². The van der Waals surface area contributed by atoms with Crippen molar-refractivity contribution in [2.45, 2.75) is 0 Å². The predicted molar refractivity (Wildman–Crippen MR) is 0.686 cm³/mol. The molecule has 0 saturated carbocycles. The summed E-state index contributed by atoms with van der Waals surface area (Å²) >= 11 is 0.125. The summed E-state index contributed by atoms with van der Waals surface area (Å²) in [6.45, 7) is 0. The molecule has 0 saturated heterocycles. The molecule has 1 nitrogen and oxygen atoms in total. The Hall–Kier alpha value is 1.68. The molecule has 0 aromatic rings.